The highest BCUT2D eigenvalue weighted by molar-refractivity contribution is 5.85. The van der Waals surface area contributed by atoms with Gasteiger partial charge in [-0.15, -0.1) is 12.4 Å². The zero-order valence-corrected chi connectivity index (χ0v) is 20.0. The van der Waals surface area contributed by atoms with Crippen LogP contribution in [0.2, 0.25) is 0 Å². The number of ether oxygens (including phenoxy) is 2. The second-order valence-electron chi connectivity index (χ2n) is 7.43. The van der Waals surface area contributed by atoms with Crippen LogP contribution in [-0.2, 0) is 9.47 Å². The van der Waals surface area contributed by atoms with Crippen molar-refractivity contribution in [3.63, 3.8) is 0 Å². The van der Waals surface area contributed by atoms with Crippen molar-refractivity contribution in [2.24, 2.45) is 17.6 Å². The lowest BCUT2D eigenvalue weighted by atomic mass is 10.0. The topological polar surface area (TPSA) is 109 Å². The number of nitrogens with zero attached hydrogens (tertiary/aromatic N) is 3. The standard InChI is InChI=1S/C9H17F3N2O2.C9H13F3N2O2.ClH/c2*1-6(2)7(4-13)14(3)8(15)16-5-9(10,11)12;/h6-7H,4-5,13H2,1-3H3;6-7H,5H2,1-3H3;1H/t2*7-;/m11./s1. The van der Waals surface area contributed by atoms with Gasteiger partial charge in [-0.2, -0.15) is 31.6 Å². The Morgan fingerprint density at radius 2 is 1.24 bits per heavy atom. The van der Waals surface area contributed by atoms with E-state index in [9.17, 15) is 35.9 Å². The molecule has 0 saturated carbocycles. The SMILES string of the molecule is CC(C)[C@@H](C#N)N(C)C(=O)OCC(F)(F)F.CC(C)[C@@H](CN)N(C)C(=O)OCC(F)(F)F.Cl. The molecule has 0 fully saturated rings. The first-order valence-electron chi connectivity index (χ1n) is 9.40. The summed E-state index contributed by atoms with van der Waals surface area (Å²) in [5, 5.41) is 8.72. The van der Waals surface area contributed by atoms with Crippen molar-refractivity contribution in [3.8, 4) is 6.07 Å². The minimum absolute atomic E-state index is 0. The molecule has 33 heavy (non-hydrogen) atoms. The molecule has 0 aromatic carbocycles. The van der Waals surface area contributed by atoms with Crippen molar-refractivity contribution in [2.45, 2.75) is 52.1 Å². The molecule has 2 N–H and O–H groups in total. The fourth-order valence-corrected chi connectivity index (χ4v) is 2.30. The number of carbonyl (C=O) groups is 2. The van der Waals surface area contributed by atoms with E-state index in [1.165, 1.54) is 14.1 Å². The van der Waals surface area contributed by atoms with Gasteiger partial charge in [-0.05, 0) is 11.8 Å². The van der Waals surface area contributed by atoms with Crippen molar-refractivity contribution in [1.29, 1.82) is 5.26 Å². The van der Waals surface area contributed by atoms with Gasteiger partial charge in [-0.3, -0.25) is 4.90 Å². The van der Waals surface area contributed by atoms with Gasteiger partial charge in [0.1, 0.15) is 6.04 Å². The molecule has 2 amide bonds. The van der Waals surface area contributed by atoms with E-state index in [1.54, 1.807) is 13.8 Å². The van der Waals surface area contributed by atoms with Crippen LogP contribution in [0.5, 0.6) is 0 Å². The molecular weight excluding hydrogens is 486 g/mol. The molecule has 0 bridgehead atoms. The van der Waals surface area contributed by atoms with Gasteiger partial charge in [-0.25, -0.2) is 9.59 Å². The Hall–Kier alpha value is -2.14. The number of nitrogens with two attached hydrogens (primary N) is 1. The first-order chi connectivity index (χ1) is 14.4. The lowest BCUT2D eigenvalue weighted by Crippen LogP contribution is -2.45. The van der Waals surface area contributed by atoms with E-state index in [2.05, 4.69) is 9.47 Å². The Morgan fingerprint density at radius 3 is 1.48 bits per heavy atom. The third-order valence-corrected chi connectivity index (χ3v) is 3.98. The number of likely N-dealkylation sites (N-methyl/N-ethyl adjacent to an activating group) is 1. The van der Waals surface area contributed by atoms with E-state index in [-0.39, 0.29) is 36.8 Å². The molecule has 0 radical (unpaired) electrons. The summed E-state index contributed by atoms with van der Waals surface area (Å²) in [6.07, 6.45) is -11.2. The quantitative estimate of drug-likeness (QED) is 0.508. The average Bonchev–Trinajstić information content (AvgIpc) is 2.63. The highest BCUT2D eigenvalue weighted by atomic mass is 35.5. The molecule has 0 aliphatic carbocycles. The van der Waals surface area contributed by atoms with E-state index in [0.717, 1.165) is 9.80 Å². The van der Waals surface area contributed by atoms with Crippen LogP contribution in [-0.4, -0.2) is 80.3 Å². The number of hydrogen-bond acceptors (Lipinski definition) is 6. The van der Waals surface area contributed by atoms with Gasteiger partial charge in [0.2, 0.25) is 0 Å². The number of rotatable bonds is 7. The van der Waals surface area contributed by atoms with Gasteiger partial charge < -0.3 is 20.1 Å². The third-order valence-electron chi connectivity index (χ3n) is 3.98. The van der Waals surface area contributed by atoms with Crippen LogP contribution in [0, 0.1) is 23.2 Å². The molecule has 0 aliphatic rings. The fraction of sp³-hybridized carbons (Fsp3) is 0.833. The van der Waals surface area contributed by atoms with Gasteiger partial charge in [0.05, 0.1) is 6.07 Å². The van der Waals surface area contributed by atoms with Crippen LogP contribution in [0.25, 0.3) is 0 Å². The van der Waals surface area contributed by atoms with Gasteiger partial charge >= 0.3 is 24.5 Å². The average molecular weight is 517 g/mol. The molecule has 15 heteroatoms. The maximum atomic E-state index is 11.8. The number of carbonyl (C=O) groups excluding carboxylic acids is 2. The van der Waals surface area contributed by atoms with Gasteiger partial charge in [0.25, 0.3) is 0 Å². The Bertz CT molecular complexity index is 627. The summed E-state index contributed by atoms with van der Waals surface area (Å²) >= 11 is 0. The zero-order valence-electron chi connectivity index (χ0n) is 19.2. The van der Waals surface area contributed by atoms with E-state index in [0.29, 0.717) is 0 Å². The lowest BCUT2D eigenvalue weighted by Gasteiger charge is -2.29. The van der Waals surface area contributed by atoms with Crippen LogP contribution in [0.3, 0.4) is 0 Å². The Kier molecular flexibility index (Phi) is 16.8. The summed E-state index contributed by atoms with van der Waals surface area (Å²) in [7, 11) is 2.60. The fourth-order valence-electron chi connectivity index (χ4n) is 2.30. The first-order valence-corrected chi connectivity index (χ1v) is 9.40. The van der Waals surface area contributed by atoms with Crippen molar-refractivity contribution in [2.75, 3.05) is 33.9 Å². The number of alkyl halides is 6. The molecule has 0 heterocycles. The van der Waals surface area contributed by atoms with Crippen molar-refractivity contribution < 1.29 is 45.4 Å². The summed E-state index contributed by atoms with van der Waals surface area (Å²) in [6, 6.07) is 0.686. The first kappa shape index (κ1) is 35.4. The highest BCUT2D eigenvalue weighted by Crippen LogP contribution is 2.17. The summed E-state index contributed by atoms with van der Waals surface area (Å²) in [5.41, 5.74) is 5.42. The van der Waals surface area contributed by atoms with E-state index < -0.39 is 43.8 Å². The minimum atomic E-state index is -4.56. The lowest BCUT2D eigenvalue weighted by molar-refractivity contribution is -0.163. The van der Waals surface area contributed by atoms with Crippen molar-refractivity contribution in [3.05, 3.63) is 0 Å². The second-order valence-corrected chi connectivity index (χ2v) is 7.43. The molecule has 8 nitrogen and oxygen atoms in total. The predicted molar refractivity (Wildman–Crippen MR) is 109 cm³/mol. The van der Waals surface area contributed by atoms with Gasteiger partial charge in [0, 0.05) is 26.7 Å². The Morgan fingerprint density at radius 1 is 0.879 bits per heavy atom. The molecule has 2 atom stereocenters. The number of nitriles is 1. The number of halogens is 7. The molecule has 0 saturated heterocycles. The smallest absolute Gasteiger partial charge is 0.422 e. The molecule has 0 spiro atoms. The van der Waals surface area contributed by atoms with Gasteiger partial charge in [-0.1, -0.05) is 27.7 Å². The molecular formula is C18H31ClF6N4O4. The Labute approximate surface area is 195 Å². The summed E-state index contributed by atoms with van der Waals surface area (Å²) in [4.78, 5) is 24.3. The van der Waals surface area contributed by atoms with Crippen molar-refractivity contribution in [1.82, 2.24) is 9.80 Å². The van der Waals surface area contributed by atoms with E-state index >= 15 is 0 Å². The summed E-state index contributed by atoms with van der Waals surface area (Å²) in [6.45, 7) is 3.96. The molecule has 0 aromatic rings. The largest absolute Gasteiger partial charge is 0.440 e. The van der Waals surface area contributed by atoms with Crippen LogP contribution in [0.15, 0.2) is 0 Å². The van der Waals surface area contributed by atoms with E-state index in [1.807, 2.05) is 19.9 Å². The molecule has 0 aliphatic heterocycles. The molecule has 196 valence electrons. The third kappa shape index (κ3) is 16.2. The molecule has 0 unspecified atom stereocenters. The second kappa shape index (κ2) is 15.7. The maximum Gasteiger partial charge on any atom is 0.422 e. The predicted octanol–water partition coefficient (Wildman–Crippen LogP) is 4.19. The normalized spacial score (nSPS) is 13.0. The maximum absolute atomic E-state index is 11.8. The van der Waals surface area contributed by atoms with Crippen LogP contribution in [0.1, 0.15) is 27.7 Å². The van der Waals surface area contributed by atoms with E-state index in [4.69, 9.17) is 11.0 Å². The highest BCUT2D eigenvalue weighted by Gasteiger charge is 2.33. The van der Waals surface area contributed by atoms with Crippen LogP contribution >= 0.6 is 12.4 Å². The number of hydrogen-bond donors (Lipinski definition) is 1. The summed E-state index contributed by atoms with van der Waals surface area (Å²) in [5.74, 6) is -0.137. The number of amides is 2. The van der Waals surface area contributed by atoms with Crippen molar-refractivity contribution >= 4 is 24.6 Å². The Balaban J connectivity index is -0.000000529. The van der Waals surface area contributed by atoms with Gasteiger partial charge in [0.15, 0.2) is 13.2 Å². The minimum Gasteiger partial charge on any atom is -0.440 e. The van der Waals surface area contributed by atoms with Crippen LogP contribution < -0.4 is 5.73 Å². The zero-order chi connectivity index (χ0) is 25.9. The summed E-state index contributed by atoms with van der Waals surface area (Å²) < 4.78 is 78.8. The monoisotopic (exact) mass is 516 g/mol. The molecule has 0 rings (SSSR count). The molecule has 0 aromatic heterocycles. The van der Waals surface area contributed by atoms with Crippen LogP contribution in [0.4, 0.5) is 35.9 Å².